The van der Waals surface area contributed by atoms with Crippen LogP contribution in [-0.2, 0) is 0 Å². The zero-order chi connectivity index (χ0) is 13.2. The maximum absolute atomic E-state index is 10.4. The van der Waals surface area contributed by atoms with E-state index < -0.39 is 6.10 Å². The first-order chi connectivity index (χ1) is 9.29. The molecule has 1 aromatic carbocycles. The SMILES string of the molecule is COc1cccnc1C(O)c1ccc2c(c1)OCO2. The van der Waals surface area contributed by atoms with Crippen LogP contribution >= 0.6 is 0 Å². The van der Waals surface area contributed by atoms with Gasteiger partial charge < -0.3 is 19.3 Å². The van der Waals surface area contributed by atoms with Crippen LogP contribution in [0.15, 0.2) is 36.5 Å². The van der Waals surface area contributed by atoms with Gasteiger partial charge in [0.1, 0.15) is 17.5 Å². The number of rotatable bonds is 3. The lowest BCUT2D eigenvalue weighted by molar-refractivity contribution is 0.173. The molecule has 0 saturated carbocycles. The molecule has 0 aliphatic carbocycles. The fraction of sp³-hybridized carbons (Fsp3) is 0.214. The minimum Gasteiger partial charge on any atom is -0.495 e. The Bertz CT molecular complexity index is 600. The molecule has 19 heavy (non-hydrogen) atoms. The Morgan fingerprint density at radius 1 is 1.26 bits per heavy atom. The van der Waals surface area contributed by atoms with Gasteiger partial charge in [0.25, 0.3) is 0 Å². The number of methoxy groups -OCH3 is 1. The van der Waals surface area contributed by atoms with Crippen molar-refractivity contribution in [2.24, 2.45) is 0 Å². The van der Waals surface area contributed by atoms with Gasteiger partial charge >= 0.3 is 0 Å². The van der Waals surface area contributed by atoms with Crippen molar-refractivity contribution in [3.05, 3.63) is 47.8 Å². The molecular formula is C14H13NO4. The summed E-state index contributed by atoms with van der Waals surface area (Å²) in [7, 11) is 1.55. The van der Waals surface area contributed by atoms with Gasteiger partial charge in [0.05, 0.1) is 7.11 Å². The average Bonchev–Trinajstić information content (AvgIpc) is 2.93. The van der Waals surface area contributed by atoms with Crippen molar-refractivity contribution in [1.29, 1.82) is 0 Å². The highest BCUT2D eigenvalue weighted by atomic mass is 16.7. The highest BCUT2D eigenvalue weighted by molar-refractivity contribution is 5.47. The second-order valence-electron chi connectivity index (χ2n) is 4.11. The Labute approximate surface area is 110 Å². The van der Waals surface area contributed by atoms with Gasteiger partial charge in [0.15, 0.2) is 11.5 Å². The molecule has 1 N–H and O–H groups in total. The number of benzene rings is 1. The number of pyridine rings is 1. The molecule has 1 aromatic heterocycles. The van der Waals surface area contributed by atoms with Crippen molar-refractivity contribution < 1.29 is 19.3 Å². The van der Waals surface area contributed by atoms with Crippen molar-refractivity contribution in [2.75, 3.05) is 13.9 Å². The summed E-state index contributed by atoms with van der Waals surface area (Å²) < 4.78 is 15.7. The first-order valence-electron chi connectivity index (χ1n) is 5.86. The molecule has 0 saturated heterocycles. The van der Waals surface area contributed by atoms with Crippen LogP contribution in [0.5, 0.6) is 17.2 Å². The van der Waals surface area contributed by atoms with Gasteiger partial charge in [-0.3, -0.25) is 4.98 Å². The summed E-state index contributed by atoms with van der Waals surface area (Å²) >= 11 is 0. The fourth-order valence-corrected chi connectivity index (χ4v) is 2.02. The summed E-state index contributed by atoms with van der Waals surface area (Å²) in [6.45, 7) is 0.210. The quantitative estimate of drug-likeness (QED) is 0.912. The van der Waals surface area contributed by atoms with Crippen molar-refractivity contribution in [1.82, 2.24) is 4.98 Å². The summed E-state index contributed by atoms with van der Waals surface area (Å²) in [5.74, 6) is 1.86. The van der Waals surface area contributed by atoms with E-state index in [4.69, 9.17) is 14.2 Å². The van der Waals surface area contributed by atoms with E-state index in [0.29, 0.717) is 28.5 Å². The highest BCUT2D eigenvalue weighted by Gasteiger charge is 2.20. The number of aliphatic hydroxyl groups excluding tert-OH is 1. The number of hydrogen-bond acceptors (Lipinski definition) is 5. The lowest BCUT2D eigenvalue weighted by Crippen LogP contribution is -2.04. The first kappa shape index (κ1) is 11.8. The molecule has 3 rings (SSSR count). The topological polar surface area (TPSA) is 60.8 Å². The molecule has 1 unspecified atom stereocenters. The molecule has 98 valence electrons. The van der Waals surface area contributed by atoms with E-state index in [1.807, 2.05) is 0 Å². The van der Waals surface area contributed by atoms with Crippen molar-refractivity contribution in [3.63, 3.8) is 0 Å². The van der Waals surface area contributed by atoms with Crippen LogP contribution in [0.3, 0.4) is 0 Å². The molecule has 2 aromatic rings. The Morgan fingerprint density at radius 2 is 2.11 bits per heavy atom. The number of hydrogen-bond donors (Lipinski definition) is 1. The molecule has 1 aliphatic heterocycles. The van der Waals surface area contributed by atoms with Gasteiger partial charge in [0.2, 0.25) is 6.79 Å². The maximum atomic E-state index is 10.4. The summed E-state index contributed by atoms with van der Waals surface area (Å²) in [6.07, 6.45) is 0.749. The zero-order valence-corrected chi connectivity index (χ0v) is 10.4. The molecule has 5 nitrogen and oxygen atoms in total. The summed E-state index contributed by atoms with van der Waals surface area (Å²) in [4.78, 5) is 4.17. The van der Waals surface area contributed by atoms with E-state index in [1.54, 1.807) is 43.6 Å². The largest absolute Gasteiger partial charge is 0.495 e. The van der Waals surface area contributed by atoms with Gasteiger partial charge in [-0.2, -0.15) is 0 Å². The molecule has 2 heterocycles. The van der Waals surface area contributed by atoms with Crippen molar-refractivity contribution >= 4 is 0 Å². The highest BCUT2D eigenvalue weighted by Crippen LogP contribution is 2.36. The minimum absolute atomic E-state index is 0.210. The third-order valence-electron chi connectivity index (χ3n) is 2.99. The second kappa shape index (κ2) is 4.78. The maximum Gasteiger partial charge on any atom is 0.231 e. The third kappa shape index (κ3) is 2.08. The van der Waals surface area contributed by atoms with E-state index in [-0.39, 0.29) is 6.79 Å². The number of nitrogens with zero attached hydrogens (tertiary/aromatic N) is 1. The molecule has 5 heteroatoms. The molecule has 0 spiro atoms. The summed E-state index contributed by atoms with van der Waals surface area (Å²) in [5, 5.41) is 10.4. The van der Waals surface area contributed by atoms with Crippen LogP contribution in [0.1, 0.15) is 17.4 Å². The van der Waals surface area contributed by atoms with Crippen molar-refractivity contribution in [3.8, 4) is 17.2 Å². The fourth-order valence-electron chi connectivity index (χ4n) is 2.02. The van der Waals surface area contributed by atoms with Crippen LogP contribution in [0, 0.1) is 0 Å². The molecular weight excluding hydrogens is 246 g/mol. The van der Waals surface area contributed by atoms with Crippen LogP contribution < -0.4 is 14.2 Å². The lowest BCUT2D eigenvalue weighted by Gasteiger charge is -2.14. The lowest BCUT2D eigenvalue weighted by atomic mass is 10.0. The van der Waals surface area contributed by atoms with E-state index in [1.165, 1.54) is 0 Å². The second-order valence-corrected chi connectivity index (χ2v) is 4.11. The van der Waals surface area contributed by atoms with Crippen molar-refractivity contribution in [2.45, 2.75) is 6.10 Å². The predicted molar refractivity (Wildman–Crippen MR) is 67.4 cm³/mol. The average molecular weight is 259 g/mol. The van der Waals surface area contributed by atoms with Gasteiger partial charge in [-0.15, -0.1) is 0 Å². The first-order valence-corrected chi connectivity index (χ1v) is 5.86. The molecule has 0 bridgehead atoms. The van der Waals surface area contributed by atoms with E-state index in [9.17, 15) is 5.11 Å². The summed E-state index contributed by atoms with van der Waals surface area (Å²) in [6, 6.07) is 8.83. The van der Waals surface area contributed by atoms with Gasteiger partial charge in [-0.05, 0) is 29.8 Å². The molecule has 1 atom stereocenters. The van der Waals surface area contributed by atoms with Gasteiger partial charge in [0, 0.05) is 6.20 Å². The Kier molecular flexibility index (Phi) is 2.97. The van der Waals surface area contributed by atoms with Crippen LogP contribution in [-0.4, -0.2) is 24.0 Å². The van der Waals surface area contributed by atoms with E-state index in [2.05, 4.69) is 4.98 Å². The Hall–Kier alpha value is -2.27. The minimum atomic E-state index is -0.870. The monoisotopic (exact) mass is 259 g/mol. The number of aliphatic hydroxyl groups is 1. The van der Waals surface area contributed by atoms with Crippen LogP contribution in [0.25, 0.3) is 0 Å². The van der Waals surface area contributed by atoms with Gasteiger partial charge in [-0.1, -0.05) is 6.07 Å². The molecule has 1 aliphatic rings. The van der Waals surface area contributed by atoms with Crippen LogP contribution in [0.2, 0.25) is 0 Å². The zero-order valence-electron chi connectivity index (χ0n) is 10.4. The number of aromatic nitrogens is 1. The van der Waals surface area contributed by atoms with Gasteiger partial charge in [-0.25, -0.2) is 0 Å². The van der Waals surface area contributed by atoms with E-state index >= 15 is 0 Å². The molecule has 0 fully saturated rings. The standard InChI is InChI=1S/C14H13NO4/c1-17-11-3-2-6-15-13(11)14(16)9-4-5-10-12(7-9)19-8-18-10/h2-7,14,16H,8H2,1H3. The smallest absolute Gasteiger partial charge is 0.231 e. The molecule has 0 radical (unpaired) electrons. The third-order valence-corrected chi connectivity index (χ3v) is 2.99. The molecule has 0 amide bonds. The summed E-state index contributed by atoms with van der Waals surface area (Å²) in [5.41, 5.74) is 1.16. The predicted octanol–water partition coefficient (Wildman–Crippen LogP) is 1.90. The Balaban J connectivity index is 1.97. The number of fused-ring (bicyclic) bond motifs is 1. The number of ether oxygens (including phenoxy) is 3. The normalized spacial score (nSPS) is 14.2. The van der Waals surface area contributed by atoms with E-state index in [0.717, 1.165) is 0 Å². The van der Waals surface area contributed by atoms with Crippen LogP contribution in [0.4, 0.5) is 0 Å². The Morgan fingerprint density at radius 3 is 2.95 bits per heavy atom.